The van der Waals surface area contributed by atoms with E-state index >= 15 is 0 Å². The first-order valence-corrected chi connectivity index (χ1v) is 9.14. The second kappa shape index (κ2) is 6.52. The number of anilines is 2. The number of hydrogen-bond acceptors (Lipinski definition) is 5. The van der Waals surface area contributed by atoms with Gasteiger partial charge in [0.1, 0.15) is 0 Å². The van der Waals surface area contributed by atoms with Crippen LogP contribution in [0.5, 0.6) is 0 Å². The number of nitro benzene ring substituents is 1. The molecule has 9 heteroatoms. The van der Waals surface area contributed by atoms with Crippen molar-refractivity contribution >= 4 is 33.0 Å². The standard InChI is InChI=1S/C16H15N3O5S/c20-16(12-2-6-15(7-3-12)19(21)22)17-13-4-8-14(9-5-13)18-10-1-11-25(18,23)24/h2-9H,1,10-11H2,(H,17,20). The van der Waals surface area contributed by atoms with Crippen molar-refractivity contribution in [1.29, 1.82) is 0 Å². The third-order valence-corrected chi connectivity index (χ3v) is 5.72. The van der Waals surface area contributed by atoms with Gasteiger partial charge in [-0.05, 0) is 42.8 Å². The van der Waals surface area contributed by atoms with E-state index in [0.717, 1.165) is 0 Å². The normalized spacial score (nSPS) is 15.8. The summed E-state index contributed by atoms with van der Waals surface area (Å²) in [7, 11) is -3.24. The summed E-state index contributed by atoms with van der Waals surface area (Å²) < 4.78 is 25.1. The Morgan fingerprint density at radius 2 is 1.72 bits per heavy atom. The lowest BCUT2D eigenvalue weighted by Gasteiger charge is -2.17. The quantitative estimate of drug-likeness (QED) is 0.664. The first-order chi connectivity index (χ1) is 11.9. The van der Waals surface area contributed by atoms with Gasteiger partial charge in [-0.25, -0.2) is 8.42 Å². The number of benzene rings is 2. The fraction of sp³-hybridized carbons (Fsp3) is 0.188. The Labute approximate surface area is 144 Å². The van der Waals surface area contributed by atoms with Gasteiger partial charge in [-0.2, -0.15) is 0 Å². The van der Waals surface area contributed by atoms with Gasteiger partial charge in [-0.15, -0.1) is 0 Å². The van der Waals surface area contributed by atoms with Gasteiger partial charge in [0.05, 0.1) is 16.4 Å². The molecular weight excluding hydrogens is 346 g/mol. The lowest BCUT2D eigenvalue weighted by molar-refractivity contribution is -0.384. The van der Waals surface area contributed by atoms with Crippen LogP contribution < -0.4 is 9.62 Å². The minimum absolute atomic E-state index is 0.0901. The molecule has 8 nitrogen and oxygen atoms in total. The van der Waals surface area contributed by atoms with Crippen LogP contribution in [0.4, 0.5) is 17.1 Å². The average molecular weight is 361 g/mol. The largest absolute Gasteiger partial charge is 0.322 e. The van der Waals surface area contributed by atoms with Crippen molar-refractivity contribution in [2.45, 2.75) is 6.42 Å². The molecular formula is C16H15N3O5S. The fourth-order valence-electron chi connectivity index (χ4n) is 2.58. The number of amides is 1. The second-order valence-corrected chi connectivity index (χ2v) is 7.56. The highest BCUT2D eigenvalue weighted by Crippen LogP contribution is 2.25. The van der Waals surface area contributed by atoms with E-state index in [1.165, 1.54) is 28.6 Å². The summed E-state index contributed by atoms with van der Waals surface area (Å²) in [6, 6.07) is 11.8. The van der Waals surface area contributed by atoms with E-state index in [4.69, 9.17) is 0 Å². The zero-order valence-electron chi connectivity index (χ0n) is 13.1. The molecule has 0 saturated carbocycles. The summed E-state index contributed by atoms with van der Waals surface area (Å²) in [4.78, 5) is 22.2. The predicted molar refractivity (Wildman–Crippen MR) is 93.2 cm³/mol. The maximum atomic E-state index is 12.2. The van der Waals surface area contributed by atoms with Gasteiger partial charge in [-0.1, -0.05) is 0 Å². The Hall–Kier alpha value is -2.94. The van der Waals surface area contributed by atoms with Crippen LogP contribution in [0.25, 0.3) is 0 Å². The zero-order chi connectivity index (χ0) is 18.0. The third kappa shape index (κ3) is 3.61. The van der Waals surface area contributed by atoms with Gasteiger partial charge < -0.3 is 5.32 Å². The van der Waals surface area contributed by atoms with Crippen LogP contribution in [-0.2, 0) is 10.0 Å². The minimum atomic E-state index is -3.24. The molecule has 1 aliphatic heterocycles. The SMILES string of the molecule is O=C(Nc1ccc(N2CCCS2(=O)=O)cc1)c1ccc([N+](=O)[O-])cc1. The van der Waals surface area contributed by atoms with E-state index in [1.807, 2.05) is 0 Å². The Kier molecular flexibility index (Phi) is 4.41. The molecule has 0 spiro atoms. The first kappa shape index (κ1) is 16.9. The monoisotopic (exact) mass is 361 g/mol. The van der Waals surface area contributed by atoms with Crippen molar-refractivity contribution in [3.63, 3.8) is 0 Å². The van der Waals surface area contributed by atoms with Crippen LogP contribution in [0.2, 0.25) is 0 Å². The van der Waals surface area contributed by atoms with Crippen molar-refractivity contribution < 1.29 is 18.1 Å². The van der Waals surface area contributed by atoms with E-state index in [1.54, 1.807) is 24.3 Å². The molecule has 0 radical (unpaired) electrons. The minimum Gasteiger partial charge on any atom is -0.322 e. The Morgan fingerprint density at radius 3 is 2.24 bits per heavy atom. The molecule has 1 fully saturated rings. The molecule has 1 amide bonds. The molecule has 0 bridgehead atoms. The summed E-state index contributed by atoms with van der Waals surface area (Å²) in [5.74, 6) is -0.262. The first-order valence-electron chi connectivity index (χ1n) is 7.53. The molecule has 0 aromatic heterocycles. The summed E-state index contributed by atoms with van der Waals surface area (Å²) in [6.45, 7) is 0.455. The lowest BCUT2D eigenvalue weighted by Crippen LogP contribution is -2.24. The summed E-state index contributed by atoms with van der Waals surface area (Å²) in [6.07, 6.45) is 0.598. The Balaban J connectivity index is 1.71. The third-order valence-electron chi connectivity index (χ3n) is 3.85. The van der Waals surface area contributed by atoms with Gasteiger partial charge in [0.25, 0.3) is 11.6 Å². The molecule has 3 rings (SSSR count). The van der Waals surface area contributed by atoms with E-state index in [2.05, 4.69) is 5.32 Å². The Bertz CT molecular complexity index is 908. The maximum Gasteiger partial charge on any atom is 0.269 e. The van der Waals surface area contributed by atoms with E-state index in [0.29, 0.717) is 24.3 Å². The Morgan fingerprint density at radius 1 is 1.08 bits per heavy atom. The van der Waals surface area contributed by atoms with E-state index in [9.17, 15) is 23.3 Å². The number of nitro groups is 1. The highest BCUT2D eigenvalue weighted by molar-refractivity contribution is 7.93. The van der Waals surface area contributed by atoms with Crippen LogP contribution in [0.15, 0.2) is 48.5 Å². The van der Waals surface area contributed by atoms with Crippen LogP contribution in [0.3, 0.4) is 0 Å². The molecule has 1 N–H and O–H groups in total. The molecule has 2 aromatic rings. The molecule has 1 saturated heterocycles. The van der Waals surface area contributed by atoms with Crippen LogP contribution >= 0.6 is 0 Å². The van der Waals surface area contributed by atoms with Gasteiger partial charge in [0, 0.05) is 29.9 Å². The molecule has 25 heavy (non-hydrogen) atoms. The maximum absolute atomic E-state index is 12.2. The fourth-order valence-corrected chi connectivity index (χ4v) is 4.14. The molecule has 0 atom stereocenters. The number of carbonyl (C=O) groups is 1. The van der Waals surface area contributed by atoms with Gasteiger partial charge in [0.15, 0.2) is 0 Å². The summed E-state index contributed by atoms with van der Waals surface area (Å²) >= 11 is 0. The van der Waals surface area contributed by atoms with E-state index in [-0.39, 0.29) is 17.0 Å². The van der Waals surface area contributed by atoms with Crippen molar-refractivity contribution in [1.82, 2.24) is 0 Å². The predicted octanol–water partition coefficient (Wildman–Crippen LogP) is 2.39. The second-order valence-electron chi connectivity index (χ2n) is 5.55. The summed E-state index contributed by atoms with van der Waals surface area (Å²) in [5.41, 5.74) is 1.26. The number of nitrogens with one attached hydrogen (secondary N) is 1. The molecule has 1 heterocycles. The number of nitrogens with zero attached hydrogens (tertiary/aromatic N) is 2. The van der Waals surface area contributed by atoms with Crippen LogP contribution in [-0.4, -0.2) is 31.5 Å². The average Bonchev–Trinajstić information content (AvgIpc) is 2.95. The topological polar surface area (TPSA) is 110 Å². The van der Waals surface area contributed by atoms with Crippen molar-refractivity contribution in [3.8, 4) is 0 Å². The molecule has 0 unspecified atom stereocenters. The molecule has 2 aromatic carbocycles. The number of non-ortho nitro benzene ring substituents is 1. The van der Waals surface area contributed by atoms with Crippen molar-refractivity contribution in [2.75, 3.05) is 21.9 Å². The number of rotatable bonds is 4. The summed E-state index contributed by atoms with van der Waals surface area (Å²) in [5, 5.41) is 13.3. The lowest BCUT2D eigenvalue weighted by atomic mass is 10.2. The van der Waals surface area contributed by atoms with E-state index < -0.39 is 20.9 Å². The van der Waals surface area contributed by atoms with Gasteiger partial charge in [-0.3, -0.25) is 19.2 Å². The number of sulfonamides is 1. The van der Waals surface area contributed by atoms with Crippen molar-refractivity contribution in [3.05, 3.63) is 64.2 Å². The van der Waals surface area contributed by atoms with Gasteiger partial charge >= 0.3 is 0 Å². The number of carbonyl (C=O) groups excluding carboxylic acids is 1. The van der Waals surface area contributed by atoms with Gasteiger partial charge in [0.2, 0.25) is 10.0 Å². The molecule has 130 valence electrons. The van der Waals surface area contributed by atoms with Crippen LogP contribution in [0, 0.1) is 10.1 Å². The zero-order valence-corrected chi connectivity index (χ0v) is 13.9. The van der Waals surface area contributed by atoms with Crippen molar-refractivity contribution in [2.24, 2.45) is 0 Å². The smallest absolute Gasteiger partial charge is 0.269 e. The molecule has 1 aliphatic rings. The highest BCUT2D eigenvalue weighted by Gasteiger charge is 2.28. The molecule has 0 aliphatic carbocycles. The highest BCUT2D eigenvalue weighted by atomic mass is 32.2. The number of hydrogen-bond donors (Lipinski definition) is 1. The van der Waals surface area contributed by atoms with Crippen LogP contribution in [0.1, 0.15) is 16.8 Å².